The summed E-state index contributed by atoms with van der Waals surface area (Å²) in [5.74, 6) is -0.692. The molecule has 0 unspecified atom stereocenters. The van der Waals surface area contributed by atoms with E-state index in [1.165, 1.54) is 24.3 Å². The highest BCUT2D eigenvalue weighted by Crippen LogP contribution is 2.42. The van der Waals surface area contributed by atoms with Crippen molar-refractivity contribution in [2.24, 2.45) is 5.92 Å². The van der Waals surface area contributed by atoms with Gasteiger partial charge < -0.3 is 9.64 Å². The molecule has 1 amide bonds. The summed E-state index contributed by atoms with van der Waals surface area (Å²) < 4.78 is 68.6. The Labute approximate surface area is 179 Å². The normalized spacial score (nSPS) is 15.7. The number of benzene rings is 2. The minimum absolute atomic E-state index is 0.00575. The van der Waals surface area contributed by atoms with E-state index >= 15 is 0 Å². The van der Waals surface area contributed by atoms with E-state index in [1.807, 2.05) is 13.8 Å². The van der Waals surface area contributed by atoms with Crippen LogP contribution in [-0.2, 0) is 20.2 Å². The Morgan fingerprint density at radius 1 is 1.13 bits per heavy atom. The molecular weight excluding hydrogens is 433 g/mol. The first kappa shape index (κ1) is 22.9. The van der Waals surface area contributed by atoms with Gasteiger partial charge in [0.2, 0.25) is 5.91 Å². The van der Waals surface area contributed by atoms with E-state index in [4.69, 9.17) is 0 Å². The van der Waals surface area contributed by atoms with Crippen LogP contribution in [0, 0.1) is 5.92 Å². The third kappa shape index (κ3) is 4.95. The fourth-order valence-corrected chi connectivity index (χ4v) is 4.56. The SMILES string of the molecule is CC(C)C(=O)N1CC(C)(C)c2cc(S(=O)(=O)Nc3ccc(OC(F)(F)F)cc3)ccc21. The molecule has 1 aliphatic heterocycles. The Bertz CT molecular complexity index is 1090. The summed E-state index contributed by atoms with van der Waals surface area (Å²) >= 11 is 0. The summed E-state index contributed by atoms with van der Waals surface area (Å²) in [5.41, 5.74) is 1.06. The minimum Gasteiger partial charge on any atom is -0.406 e. The largest absolute Gasteiger partial charge is 0.573 e. The number of rotatable bonds is 5. The first-order valence-electron chi connectivity index (χ1n) is 9.54. The molecule has 1 N–H and O–H groups in total. The van der Waals surface area contributed by atoms with E-state index in [2.05, 4.69) is 9.46 Å². The van der Waals surface area contributed by atoms with Crippen molar-refractivity contribution in [2.45, 2.75) is 44.4 Å². The predicted octanol–water partition coefficient (Wildman–Crippen LogP) is 4.67. The summed E-state index contributed by atoms with van der Waals surface area (Å²) in [6.45, 7) is 7.92. The highest BCUT2D eigenvalue weighted by molar-refractivity contribution is 7.92. The number of fused-ring (bicyclic) bond motifs is 1. The maximum atomic E-state index is 12.8. The van der Waals surface area contributed by atoms with E-state index in [1.54, 1.807) is 24.8 Å². The van der Waals surface area contributed by atoms with E-state index in [0.29, 0.717) is 12.2 Å². The second-order valence-electron chi connectivity index (χ2n) is 8.32. The Morgan fingerprint density at radius 3 is 2.29 bits per heavy atom. The number of alkyl halides is 3. The average Bonchev–Trinajstić information content (AvgIpc) is 2.92. The molecule has 0 bridgehead atoms. The molecule has 0 aliphatic carbocycles. The van der Waals surface area contributed by atoms with Gasteiger partial charge in [-0.3, -0.25) is 9.52 Å². The van der Waals surface area contributed by atoms with Crippen molar-refractivity contribution in [2.75, 3.05) is 16.2 Å². The van der Waals surface area contributed by atoms with Gasteiger partial charge in [0.05, 0.1) is 4.90 Å². The number of hydrogen-bond donors (Lipinski definition) is 1. The maximum Gasteiger partial charge on any atom is 0.573 e. The number of amides is 1. The van der Waals surface area contributed by atoms with Crippen molar-refractivity contribution >= 4 is 27.3 Å². The van der Waals surface area contributed by atoms with Crippen molar-refractivity contribution in [1.29, 1.82) is 0 Å². The number of sulfonamides is 1. The Balaban J connectivity index is 1.87. The molecule has 0 radical (unpaired) electrons. The molecule has 0 atom stereocenters. The van der Waals surface area contributed by atoms with Crippen LogP contribution in [0.15, 0.2) is 47.4 Å². The summed E-state index contributed by atoms with van der Waals surface area (Å²) in [4.78, 5) is 14.2. The second-order valence-corrected chi connectivity index (χ2v) is 10.0. The van der Waals surface area contributed by atoms with Crippen LogP contribution >= 0.6 is 0 Å². The van der Waals surface area contributed by atoms with Crippen LogP contribution in [0.4, 0.5) is 24.5 Å². The Kier molecular flexibility index (Phi) is 5.72. The van der Waals surface area contributed by atoms with Gasteiger partial charge in [0.15, 0.2) is 0 Å². The van der Waals surface area contributed by atoms with Gasteiger partial charge in [0.1, 0.15) is 5.75 Å². The van der Waals surface area contributed by atoms with Crippen molar-refractivity contribution < 1.29 is 31.1 Å². The number of ether oxygens (including phenoxy) is 1. The number of carbonyl (C=O) groups excluding carboxylic acids is 1. The zero-order valence-electron chi connectivity index (χ0n) is 17.4. The molecule has 0 spiro atoms. The molecule has 6 nitrogen and oxygen atoms in total. The Morgan fingerprint density at radius 2 is 1.74 bits per heavy atom. The van der Waals surface area contributed by atoms with E-state index in [9.17, 15) is 26.4 Å². The first-order chi connectivity index (χ1) is 14.2. The lowest BCUT2D eigenvalue weighted by atomic mass is 9.87. The third-order valence-electron chi connectivity index (χ3n) is 4.95. The summed E-state index contributed by atoms with van der Waals surface area (Å²) in [6, 6.07) is 8.95. The molecule has 31 heavy (non-hydrogen) atoms. The highest BCUT2D eigenvalue weighted by Gasteiger charge is 2.39. The molecule has 0 fully saturated rings. The molecule has 3 rings (SSSR count). The molecule has 0 saturated heterocycles. The molecule has 10 heteroatoms. The van der Waals surface area contributed by atoms with Gasteiger partial charge in [0.25, 0.3) is 10.0 Å². The number of anilines is 2. The number of carbonyl (C=O) groups is 1. The van der Waals surface area contributed by atoms with Gasteiger partial charge in [-0.25, -0.2) is 8.42 Å². The quantitative estimate of drug-likeness (QED) is 0.710. The fourth-order valence-electron chi connectivity index (χ4n) is 3.47. The van der Waals surface area contributed by atoms with Gasteiger partial charge in [-0.1, -0.05) is 27.7 Å². The van der Waals surface area contributed by atoms with Gasteiger partial charge in [-0.2, -0.15) is 0 Å². The van der Waals surface area contributed by atoms with Gasteiger partial charge in [0, 0.05) is 29.3 Å². The monoisotopic (exact) mass is 456 g/mol. The van der Waals surface area contributed by atoms with Crippen LogP contribution in [0.3, 0.4) is 0 Å². The molecular formula is C21H23F3N2O4S. The average molecular weight is 456 g/mol. The van der Waals surface area contributed by atoms with Crippen LogP contribution in [0.25, 0.3) is 0 Å². The van der Waals surface area contributed by atoms with Crippen molar-refractivity contribution in [3.8, 4) is 5.75 Å². The molecule has 1 aliphatic rings. The van der Waals surface area contributed by atoms with Crippen LogP contribution < -0.4 is 14.4 Å². The first-order valence-corrected chi connectivity index (χ1v) is 11.0. The lowest BCUT2D eigenvalue weighted by Crippen LogP contribution is -2.36. The van der Waals surface area contributed by atoms with Crippen LogP contribution in [-0.4, -0.2) is 27.2 Å². The maximum absolute atomic E-state index is 12.8. The van der Waals surface area contributed by atoms with Gasteiger partial charge in [-0.05, 0) is 48.0 Å². The van der Waals surface area contributed by atoms with Gasteiger partial charge in [-0.15, -0.1) is 13.2 Å². The zero-order chi connectivity index (χ0) is 23.2. The minimum atomic E-state index is -4.83. The molecule has 2 aromatic carbocycles. The number of nitrogens with zero attached hydrogens (tertiary/aromatic N) is 1. The van der Waals surface area contributed by atoms with Crippen molar-refractivity contribution in [1.82, 2.24) is 0 Å². The molecule has 2 aromatic rings. The lowest BCUT2D eigenvalue weighted by Gasteiger charge is -2.22. The molecule has 1 heterocycles. The van der Waals surface area contributed by atoms with E-state index in [0.717, 1.165) is 17.7 Å². The third-order valence-corrected chi connectivity index (χ3v) is 6.33. The predicted molar refractivity (Wildman–Crippen MR) is 111 cm³/mol. The van der Waals surface area contributed by atoms with Crippen molar-refractivity contribution in [3.63, 3.8) is 0 Å². The topological polar surface area (TPSA) is 75.7 Å². The smallest absolute Gasteiger partial charge is 0.406 e. The van der Waals surface area contributed by atoms with E-state index < -0.39 is 27.6 Å². The second kappa shape index (κ2) is 7.74. The standard InChI is InChI=1S/C21H23F3N2O4S/c1-13(2)19(27)26-12-20(3,4)17-11-16(9-10-18(17)26)31(28,29)25-14-5-7-15(8-6-14)30-21(22,23)24/h5-11,13,25H,12H2,1-4H3. The summed E-state index contributed by atoms with van der Waals surface area (Å²) in [6.07, 6.45) is -4.83. The van der Waals surface area contributed by atoms with Crippen LogP contribution in [0.5, 0.6) is 5.75 Å². The lowest BCUT2D eigenvalue weighted by molar-refractivity contribution is -0.274. The van der Waals surface area contributed by atoms with Gasteiger partial charge >= 0.3 is 6.36 Å². The van der Waals surface area contributed by atoms with Crippen LogP contribution in [0.2, 0.25) is 0 Å². The summed E-state index contributed by atoms with van der Waals surface area (Å²) in [5, 5.41) is 0. The Hall–Kier alpha value is -2.75. The summed E-state index contributed by atoms with van der Waals surface area (Å²) in [7, 11) is -4.00. The molecule has 0 aromatic heterocycles. The highest BCUT2D eigenvalue weighted by atomic mass is 32.2. The van der Waals surface area contributed by atoms with Crippen LogP contribution in [0.1, 0.15) is 33.3 Å². The van der Waals surface area contributed by atoms with E-state index in [-0.39, 0.29) is 22.4 Å². The van der Waals surface area contributed by atoms with Crippen molar-refractivity contribution in [3.05, 3.63) is 48.0 Å². The number of halogens is 3. The molecule has 168 valence electrons. The number of nitrogens with one attached hydrogen (secondary N) is 1. The zero-order valence-corrected chi connectivity index (χ0v) is 18.3. The molecule has 0 saturated carbocycles. The fraction of sp³-hybridized carbons (Fsp3) is 0.381. The number of hydrogen-bond acceptors (Lipinski definition) is 4.